The third-order valence-electron chi connectivity index (χ3n) is 4.48. The molecule has 21 heavy (non-hydrogen) atoms. The summed E-state index contributed by atoms with van der Waals surface area (Å²) < 4.78 is 10.8. The molecule has 0 unspecified atom stereocenters. The molecule has 1 aliphatic carbocycles. The maximum absolute atomic E-state index is 12.5. The van der Waals surface area contributed by atoms with Crippen LogP contribution in [-0.2, 0) is 20.8 Å². The van der Waals surface area contributed by atoms with Crippen LogP contribution in [0, 0.1) is 11.8 Å². The zero-order valence-electron chi connectivity index (χ0n) is 12.4. The fraction of sp³-hybridized carbons (Fsp3) is 0.471. The summed E-state index contributed by atoms with van der Waals surface area (Å²) in [6, 6.07) is 10.3. The first-order valence-electron chi connectivity index (χ1n) is 7.33. The van der Waals surface area contributed by atoms with E-state index in [9.17, 15) is 4.79 Å². The molecule has 2 bridgehead atoms. The van der Waals surface area contributed by atoms with Crippen molar-refractivity contribution < 1.29 is 14.3 Å². The number of hydrogen-bond donors (Lipinski definition) is 0. The van der Waals surface area contributed by atoms with Crippen molar-refractivity contribution >= 4 is 5.91 Å². The van der Waals surface area contributed by atoms with Gasteiger partial charge >= 0.3 is 0 Å². The average molecular weight is 287 g/mol. The van der Waals surface area contributed by atoms with Gasteiger partial charge in [0.1, 0.15) is 0 Å². The van der Waals surface area contributed by atoms with Gasteiger partial charge in [-0.2, -0.15) is 0 Å². The molecule has 1 saturated heterocycles. The third-order valence-corrected chi connectivity index (χ3v) is 4.48. The van der Waals surface area contributed by atoms with Gasteiger partial charge in [0.05, 0.1) is 5.92 Å². The zero-order valence-corrected chi connectivity index (χ0v) is 12.4. The smallest absolute Gasteiger partial charge is 0.230 e. The number of amides is 1. The quantitative estimate of drug-likeness (QED) is 0.615. The Balaban J connectivity index is 1.82. The van der Waals surface area contributed by atoms with E-state index in [0.717, 1.165) is 12.0 Å². The van der Waals surface area contributed by atoms with Crippen molar-refractivity contribution in [2.24, 2.45) is 11.8 Å². The molecule has 1 amide bonds. The highest BCUT2D eigenvalue weighted by Gasteiger charge is 2.46. The molecule has 4 heteroatoms. The van der Waals surface area contributed by atoms with Gasteiger partial charge in [-0.15, -0.1) is 0 Å². The van der Waals surface area contributed by atoms with E-state index in [0.29, 0.717) is 6.54 Å². The number of fused-ring (bicyclic) bond motifs is 2. The minimum Gasteiger partial charge on any atom is -0.355 e. The Morgan fingerprint density at radius 3 is 2.57 bits per heavy atom. The normalized spacial score (nSPS) is 27.7. The third kappa shape index (κ3) is 2.61. The van der Waals surface area contributed by atoms with Crippen molar-refractivity contribution in [2.75, 3.05) is 14.2 Å². The Labute approximate surface area is 125 Å². The second-order valence-corrected chi connectivity index (χ2v) is 5.66. The number of benzene rings is 1. The van der Waals surface area contributed by atoms with Crippen molar-refractivity contribution in [1.29, 1.82) is 0 Å². The van der Waals surface area contributed by atoms with Gasteiger partial charge in [-0.3, -0.25) is 4.79 Å². The highest BCUT2D eigenvalue weighted by molar-refractivity contribution is 5.84. The molecule has 112 valence electrons. The Morgan fingerprint density at radius 2 is 1.90 bits per heavy atom. The Bertz CT molecular complexity index is 524. The summed E-state index contributed by atoms with van der Waals surface area (Å²) >= 11 is 0. The number of methoxy groups -OCH3 is 2. The zero-order chi connectivity index (χ0) is 14.8. The summed E-state index contributed by atoms with van der Waals surface area (Å²) in [4.78, 5) is 14.5. The van der Waals surface area contributed by atoms with Crippen LogP contribution in [0.15, 0.2) is 42.5 Å². The topological polar surface area (TPSA) is 38.8 Å². The van der Waals surface area contributed by atoms with Crippen LogP contribution < -0.4 is 0 Å². The van der Waals surface area contributed by atoms with E-state index in [1.165, 1.54) is 0 Å². The van der Waals surface area contributed by atoms with Gasteiger partial charge in [-0.1, -0.05) is 42.5 Å². The van der Waals surface area contributed by atoms with Crippen LogP contribution in [0.2, 0.25) is 0 Å². The number of ether oxygens (including phenoxy) is 2. The van der Waals surface area contributed by atoms with Gasteiger partial charge in [0.15, 0.2) is 6.29 Å². The molecule has 1 aromatic rings. The molecule has 0 radical (unpaired) electrons. The van der Waals surface area contributed by atoms with E-state index in [2.05, 4.69) is 18.2 Å². The van der Waals surface area contributed by atoms with Crippen LogP contribution in [0.25, 0.3) is 0 Å². The number of carbonyl (C=O) groups is 1. The number of likely N-dealkylation sites (tertiary alicyclic amines) is 1. The van der Waals surface area contributed by atoms with Crippen molar-refractivity contribution in [3.05, 3.63) is 48.0 Å². The minimum absolute atomic E-state index is 0.0179. The lowest BCUT2D eigenvalue weighted by Gasteiger charge is -2.34. The Morgan fingerprint density at radius 1 is 1.19 bits per heavy atom. The minimum atomic E-state index is -0.309. The van der Waals surface area contributed by atoms with Crippen molar-refractivity contribution in [3.8, 4) is 0 Å². The molecule has 1 aromatic carbocycles. The summed E-state index contributed by atoms with van der Waals surface area (Å²) in [5.41, 5.74) is 1.16. The number of rotatable bonds is 5. The van der Waals surface area contributed by atoms with Gasteiger partial charge < -0.3 is 14.4 Å². The first-order valence-corrected chi connectivity index (χ1v) is 7.33. The standard InChI is InChI=1S/C17H21NO3/c1-20-17(21-2)14-9-8-13-10-15(14)18(16(13)19)11-12-6-4-3-5-7-12/h3-9,13-15,17H,10-11H2,1-2H3/t13-,14-,15-/m1/s1. The van der Waals surface area contributed by atoms with Crippen LogP contribution in [0.5, 0.6) is 0 Å². The highest BCUT2D eigenvalue weighted by atomic mass is 16.7. The molecule has 0 N–H and O–H groups in total. The van der Waals surface area contributed by atoms with Gasteiger partial charge in [-0.25, -0.2) is 0 Å². The largest absolute Gasteiger partial charge is 0.355 e. The van der Waals surface area contributed by atoms with Gasteiger partial charge in [0, 0.05) is 32.7 Å². The SMILES string of the molecule is COC(OC)[C@@H]1C=C[C@@H]2C[C@H]1N(Cc1ccccc1)C2=O. The molecule has 3 atom stereocenters. The van der Waals surface area contributed by atoms with E-state index >= 15 is 0 Å². The summed E-state index contributed by atoms with van der Waals surface area (Å²) in [6.45, 7) is 0.652. The molecule has 4 nitrogen and oxygen atoms in total. The maximum Gasteiger partial charge on any atom is 0.230 e. The predicted molar refractivity (Wildman–Crippen MR) is 79.3 cm³/mol. The molecule has 0 aromatic heterocycles. The van der Waals surface area contributed by atoms with Crippen LogP contribution in [0.4, 0.5) is 0 Å². The molecule has 2 aliphatic rings. The summed E-state index contributed by atoms with van der Waals surface area (Å²) in [6.07, 6.45) is 4.64. The lowest BCUT2D eigenvalue weighted by molar-refractivity contribution is -0.145. The van der Waals surface area contributed by atoms with Crippen LogP contribution in [0.3, 0.4) is 0 Å². The first kappa shape index (κ1) is 14.3. The van der Waals surface area contributed by atoms with E-state index in [-0.39, 0.29) is 30.1 Å². The first-order chi connectivity index (χ1) is 10.2. The van der Waals surface area contributed by atoms with E-state index < -0.39 is 0 Å². The number of carbonyl (C=O) groups excluding carboxylic acids is 1. The Kier molecular flexibility index (Phi) is 4.08. The van der Waals surface area contributed by atoms with Crippen LogP contribution in [0.1, 0.15) is 12.0 Å². The van der Waals surface area contributed by atoms with E-state index in [1.54, 1.807) is 14.2 Å². The highest BCUT2D eigenvalue weighted by Crippen LogP contribution is 2.38. The van der Waals surface area contributed by atoms with E-state index in [1.807, 2.05) is 29.2 Å². The summed E-state index contributed by atoms with van der Waals surface area (Å²) in [5.74, 6) is 0.323. The second-order valence-electron chi connectivity index (χ2n) is 5.66. The van der Waals surface area contributed by atoms with Crippen molar-refractivity contribution in [2.45, 2.75) is 25.3 Å². The predicted octanol–water partition coefficient (Wildman–Crippen LogP) is 2.21. The van der Waals surface area contributed by atoms with Crippen molar-refractivity contribution in [1.82, 2.24) is 4.90 Å². The fourth-order valence-electron chi connectivity index (χ4n) is 3.44. The van der Waals surface area contributed by atoms with Gasteiger partial charge in [-0.05, 0) is 12.0 Å². The monoisotopic (exact) mass is 287 g/mol. The fourth-order valence-corrected chi connectivity index (χ4v) is 3.44. The van der Waals surface area contributed by atoms with Crippen LogP contribution >= 0.6 is 0 Å². The second kappa shape index (κ2) is 6.00. The molecule has 3 rings (SSSR count). The molecular formula is C17H21NO3. The molecule has 1 aliphatic heterocycles. The maximum atomic E-state index is 12.5. The lowest BCUT2D eigenvalue weighted by Crippen LogP contribution is -2.42. The molecule has 1 fully saturated rings. The van der Waals surface area contributed by atoms with Gasteiger partial charge in [0.2, 0.25) is 5.91 Å². The molecule has 0 saturated carbocycles. The van der Waals surface area contributed by atoms with E-state index in [4.69, 9.17) is 9.47 Å². The lowest BCUT2D eigenvalue weighted by atomic mass is 9.87. The molecular weight excluding hydrogens is 266 g/mol. The van der Waals surface area contributed by atoms with Crippen LogP contribution in [-0.4, -0.2) is 37.4 Å². The average Bonchev–Trinajstić information content (AvgIpc) is 2.76. The number of hydrogen-bond acceptors (Lipinski definition) is 3. The molecule has 0 spiro atoms. The van der Waals surface area contributed by atoms with Gasteiger partial charge in [0.25, 0.3) is 0 Å². The summed E-state index contributed by atoms with van der Waals surface area (Å²) in [5, 5.41) is 0. The number of nitrogens with zero attached hydrogens (tertiary/aromatic N) is 1. The Hall–Kier alpha value is -1.65. The summed E-state index contributed by atoms with van der Waals surface area (Å²) in [7, 11) is 3.29. The van der Waals surface area contributed by atoms with Crippen molar-refractivity contribution in [3.63, 3.8) is 0 Å². The molecule has 1 heterocycles.